The molecule has 2 heterocycles. The molecule has 0 aliphatic carbocycles. The molecular weight excluding hydrogens is 250 g/mol. The van der Waals surface area contributed by atoms with E-state index in [9.17, 15) is 0 Å². The van der Waals surface area contributed by atoms with E-state index in [-0.39, 0.29) is 5.54 Å². The third-order valence-corrected chi connectivity index (χ3v) is 4.03. The van der Waals surface area contributed by atoms with Crippen LogP contribution in [0.5, 0.6) is 0 Å². The van der Waals surface area contributed by atoms with Crippen molar-refractivity contribution in [2.45, 2.75) is 45.1 Å². The fourth-order valence-electron chi connectivity index (χ4n) is 3.06. The SMILES string of the molecule is CCCC1(c2nc(-c3cccc(C)c3)no2)CCCN1. The molecule has 3 rings (SSSR count). The lowest BCUT2D eigenvalue weighted by Gasteiger charge is -2.24. The van der Waals surface area contributed by atoms with Crippen molar-refractivity contribution in [3.63, 3.8) is 0 Å². The highest BCUT2D eigenvalue weighted by Crippen LogP contribution is 2.35. The van der Waals surface area contributed by atoms with Crippen LogP contribution in [0.1, 0.15) is 44.1 Å². The van der Waals surface area contributed by atoms with Gasteiger partial charge >= 0.3 is 0 Å². The molecule has 1 aromatic heterocycles. The molecule has 1 N–H and O–H groups in total. The van der Waals surface area contributed by atoms with Crippen molar-refractivity contribution in [2.75, 3.05) is 6.54 Å². The molecule has 4 heteroatoms. The van der Waals surface area contributed by atoms with Crippen molar-refractivity contribution in [3.8, 4) is 11.4 Å². The van der Waals surface area contributed by atoms with Crippen LogP contribution in [0, 0.1) is 6.92 Å². The topological polar surface area (TPSA) is 51.0 Å². The van der Waals surface area contributed by atoms with Gasteiger partial charge in [-0.05, 0) is 38.8 Å². The first-order valence-electron chi connectivity index (χ1n) is 7.40. The highest BCUT2D eigenvalue weighted by atomic mass is 16.5. The molecule has 1 aromatic carbocycles. The summed E-state index contributed by atoms with van der Waals surface area (Å²) < 4.78 is 5.58. The Balaban J connectivity index is 1.93. The van der Waals surface area contributed by atoms with E-state index in [0.29, 0.717) is 5.82 Å². The fourth-order valence-corrected chi connectivity index (χ4v) is 3.06. The normalized spacial score (nSPS) is 22.3. The first kappa shape index (κ1) is 13.3. The van der Waals surface area contributed by atoms with E-state index in [1.807, 2.05) is 12.1 Å². The van der Waals surface area contributed by atoms with Gasteiger partial charge < -0.3 is 9.84 Å². The van der Waals surface area contributed by atoms with Gasteiger partial charge in [-0.25, -0.2) is 0 Å². The van der Waals surface area contributed by atoms with Crippen molar-refractivity contribution >= 4 is 0 Å². The highest BCUT2D eigenvalue weighted by Gasteiger charge is 2.39. The van der Waals surface area contributed by atoms with Crippen LogP contribution in [0.3, 0.4) is 0 Å². The van der Waals surface area contributed by atoms with Gasteiger partial charge in [0, 0.05) is 5.56 Å². The van der Waals surface area contributed by atoms with Gasteiger partial charge in [-0.2, -0.15) is 4.98 Å². The van der Waals surface area contributed by atoms with Crippen molar-refractivity contribution < 1.29 is 4.52 Å². The average molecular weight is 271 g/mol. The summed E-state index contributed by atoms with van der Waals surface area (Å²) in [5.74, 6) is 1.43. The molecule has 1 fully saturated rings. The third-order valence-electron chi connectivity index (χ3n) is 4.03. The van der Waals surface area contributed by atoms with Crippen LogP contribution in [0.25, 0.3) is 11.4 Å². The van der Waals surface area contributed by atoms with Gasteiger partial charge in [0.25, 0.3) is 0 Å². The number of nitrogens with one attached hydrogen (secondary N) is 1. The summed E-state index contributed by atoms with van der Waals surface area (Å²) in [6, 6.07) is 8.21. The predicted molar refractivity (Wildman–Crippen MR) is 78.3 cm³/mol. The van der Waals surface area contributed by atoms with E-state index in [1.54, 1.807) is 0 Å². The Labute approximate surface area is 119 Å². The molecule has 0 amide bonds. The number of rotatable bonds is 4. The Hall–Kier alpha value is -1.68. The minimum atomic E-state index is -0.107. The van der Waals surface area contributed by atoms with E-state index in [4.69, 9.17) is 4.52 Å². The standard InChI is InChI=1S/C16H21N3O/c1-3-8-16(9-5-10-17-16)15-18-14(19-20-15)13-7-4-6-12(2)11-13/h4,6-7,11,17H,3,5,8-10H2,1-2H3. The Morgan fingerprint density at radius 3 is 3.00 bits per heavy atom. The van der Waals surface area contributed by atoms with Crippen molar-refractivity contribution in [1.29, 1.82) is 0 Å². The van der Waals surface area contributed by atoms with Crippen LogP contribution < -0.4 is 5.32 Å². The van der Waals surface area contributed by atoms with E-state index < -0.39 is 0 Å². The molecular formula is C16H21N3O. The van der Waals surface area contributed by atoms with Crippen LogP contribution in [-0.2, 0) is 5.54 Å². The number of nitrogens with zero attached hydrogens (tertiary/aromatic N) is 2. The molecule has 0 spiro atoms. The fraction of sp³-hybridized carbons (Fsp3) is 0.500. The second-order valence-corrected chi connectivity index (χ2v) is 5.66. The second kappa shape index (κ2) is 5.37. The molecule has 0 radical (unpaired) electrons. The monoisotopic (exact) mass is 271 g/mol. The maximum atomic E-state index is 5.58. The zero-order valence-corrected chi connectivity index (χ0v) is 12.1. The molecule has 0 bridgehead atoms. The maximum absolute atomic E-state index is 5.58. The van der Waals surface area contributed by atoms with Crippen LogP contribution in [0.15, 0.2) is 28.8 Å². The quantitative estimate of drug-likeness (QED) is 0.925. The minimum absolute atomic E-state index is 0.107. The van der Waals surface area contributed by atoms with Crippen molar-refractivity contribution in [1.82, 2.24) is 15.5 Å². The lowest BCUT2D eigenvalue weighted by atomic mass is 9.92. The van der Waals surface area contributed by atoms with E-state index in [0.717, 1.165) is 37.3 Å². The summed E-state index contributed by atoms with van der Waals surface area (Å²) in [7, 11) is 0. The van der Waals surface area contributed by atoms with Crippen LogP contribution in [0.4, 0.5) is 0 Å². The summed E-state index contributed by atoms with van der Waals surface area (Å²) in [5.41, 5.74) is 2.12. The Kier molecular flexibility index (Phi) is 3.57. The van der Waals surface area contributed by atoms with Crippen molar-refractivity contribution in [3.05, 3.63) is 35.7 Å². The van der Waals surface area contributed by atoms with Crippen LogP contribution in [0.2, 0.25) is 0 Å². The molecule has 1 unspecified atom stereocenters. The molecule has 4 nitrogen and oxygen atoms in total. The van der Waals surface area contributed by atoms with Gasteiger partial charge in [0.15, 0.2) is 0 Å². The van der Waals surface area contributed by atoms with E-state index in [1.165, 1.54) is 12.0 Å². The number of aromatic nitrogens is 2. The van der Waals surface area contributed by atoms with E-state index in [2.05, 4.69) is 41.4 Å². The Bertz CT molecular complexity index is 585. The Morgan fingerprint density at radius 2 is 2.30 bits per heavy atom. The van der Waals surface area contributed by atoms with Gasteiger partial charge in [-0.3, -0.25) is 0 Å². The van der Waals surface area contributed by atoms with E-state index >= 15 is 0 Å². The molecule has 1 aliphatic rings. The Morgan fingerprint density at radius 1 is 1.40 bits per heavy atom. The largest absolute Gasteiger partial charge is 0.337 e. The third kappa shape index (κ3) is 2.36. The summed E-state index contributed by atoms with van der Waals surface area (Å²) >= 11 is 0. The van der Waals surface area contributed by atoms with Gasteiger partial charge in [-0.15, -0.1) is 0 Å². The predicted octanol–water partition coefficient (Wildman–Crippen LogP) is 3.42. The highest BCUT2D eigenvalue weighted by molar-refractivity contribution is 5.55. The molecule has 1 atom stereocenters. The average Bonchev–Trinajstić information content (AvgIpc) is 3.08. The number of aryl methyl sites for hydroxylation is 1. The number of hydrogen-bond acceptors (Lipinski definition) is 4. The minimum Gasteiger partial charge on any atom is -0.337 e. The zero-order chi connectivity index (χ0) is 14.0. The van der Waals surface area contributed by atoms with Crippen molar-refractivity contribution in [2.24, 2.45) is 0 Å². The lowest BCUT2D eigenvalue weighted by Crippen LogP contribution is -2.36. The van der Waals surface area contributed by atoms with Gasteiger partial charge in [0.2, 0.25) is 11.7 Å². The first-order valence-corrected chi connectivity index (χ1v) is 7.40. The maximum Gasteiger partial charge on any atom is 0.247 e. The molecule has 2 aromatic rings. The lowest BCUT2D eigenvalue weighted by molar-refractivity contribution is 0.241. The smallest absolute Gasteiger partial charge is 0.247 e. The number of hydrogen-bond donors (Lipinski definition) is 1. The van der Waals surface area contributed by atoms with Crippen LogP contribution in [-0.4, -0.2) is 16.7 Å². The zero-order valence-electron chi connectivity index (χ0n) is 12.1. The molecule has 20 heavy (non-hydrogen) atoms. The summed E-state index contributed by atoms with van der Waals surface area (Å²) in [4.78, 5) is 4.65. The molecule has 0 saturated carbocycles. The summed E-state index contributed by atoms with van der Waals surface area (Å²) in [6.07, 6.45) is 4.40. The summed E-state index contributed by atoms with van der Waals surface area (Å²) in [5, 5.41) is 7.74. The second-order valence-electron chi connectivity index (χ2n) is 5.66. The molecule has 1 aliphatic heterocycles. The summed E-state index contributed by atoms with van der Waals surface area (Å²) in [6.45, 7) is 5.29. The van der Waals surface area contributed by atoms with Crippen LogP contribution >= 0.6 is 0 Å². The van der Waals surface area contributed by atoms with Gasteiger partial charge in [0.1, 0.15) is 0 Å². The van der Waals surface area contributed by atoms with Gasteiger partial charge in [-0.1, -0.05) is 42.3 Å². The van der Waals surface area contributed by atoms with Gasteiger partial charge in [0.05, 0.1) is 5.54 Å². The number of benzene rings is 1. The molecule has 106 valence electrons. The molecule has 1 saturated heterocycles. The first-order chi connectivity index (χ1) is 9.73.